The Kier molecular flexibility index (Phi) is 6.37. The number of para-hydroxylation sites is 1. The number of rotatable bonds is 6. The van der Waals surface area contributed by atoms with E-state index >= 15 is 0 Å². The molecule has 1 unspecified atom stereocenters. The van der Waals surface area contributed by atoms with Gasteiger partial charge in [-0.25, -0.2) is 4.98 Å². The Morgan fingerprint density at radius 3 is 2.63 bits per heavy atom. The first-order chi connectivity index (χ1) is 18.6. The summed E-state index contributed by atoms with van der Waals surface area (Å²) in [4.78, 5) is 10.2. The first kappa shape index (κ1) is 24.2. The number of piperidine rings is 1. The fraction of sp³-hybridized carbons (Fsp3) is 0.485. The molecule has 2 saturated heterocycles. The zero-order valence-electron chi connectivity index (χ0n) is 22.8. The summed E-state index contributed by atoms with van der Waals surface area (Å²) >= 11 is 0. The van der Waals surface area contributed by atoms with Crippen LogP contribution in [0.5, 0.6) is 5.75 Å². The highest BCUT2D eigenvalue weighted by molar-refractivity contribution is 5.70. The minimum atomic E-state index is 0.574. The van der Waals surface area contributed by atoms with Crippen molar-refractivity contribution in [3.05, 3.63) is 76.3 Å². The highest BCUT2D eigenvalue weighted by Crippen LogP contribution is 2.46. The van der Waals surface area contributed by atoms with Crippen LogP contribution in [-0.4, -0.2) is 48.8 Å². The van der Waals surface area contributed by atoms with E-state index < -0.39 is 0 Å². The average molecular weight is 510 g/mol. The molecule has 1 aliphatic carbocycles. The molecular weight excluding hydrogens is 470 g/mol. The Bertz CT molecular complexity index is 1320. The van der Waals surface area contributed by atoms with Crippen molar-refractivity contribution in [2.75, 3.05) is 37.7 Å². The lowest BCUT2D eigenvalue weighted by Crippen LogP contribution is -2.42. The largest absolute Gasteiger partial charge is 0.488 e. The molecule has 1 saturated carbocycles. The maximum absolute atomic E-state index is 6.58. The van der Waals surface area contributed by atoms with Crippen LogP contribution in [0.15, 0.2) is 48.5 Å². The number of hydrogen-bond donors (Lipinski definition) is 0. The van der Waals surface area contributed by atoms with E-state index in [-0.39, 0.29) is 0 Å². The first-order valence-electron chi connectivity index (χ1n) is 14.5. The third-order valence-electron chi connectivity index (χ3n) is 9.27. The van der Waals surface area contributed by atoms with Crippen molar-refractivity contribution in [2.45, 2.75) is 58.7 Å². The average Bonchev–Trinajstić information content (AvgIpc) is 3.57. The Labute approximate surface area is 226 Å². The van der Waals surface area contributed by atoms with Crippen molar-refractivity contribution >= 4 is 5.82 Å². The number of ether oxygens (including phenoxy) is 2. The van der Waals surface area contributed by atoms with E-state index in [1.54, 1.807) is 0 Å². The van der Waals surface area contributed by atoms with E-state index in [4.69, 9.17) is 14.5 Å². The van der Waals surface area contributed by atoms with E-state index in [9.17, 15) is 0 Å². The molecule has 4 aliphatic rings. The van der Waals surface area contributed by atoms with Crippen molar-refractivity contribution in [3.63, 3.8) is 0 Å². The molecule has 2 aromatic carbocycles. The number of aryl methyl sites for hydroxylation is 2. The minimum Gasteiger partial charge on any atom is -0.488 e. The SMILES string of the molecule is Cc1cc(COc2c(C)cccc2-c2cccc(N3CC4C[C@H]4C3)n2)cc2c1CN(C1CCOCC1)CC2. The van der Waals surface area contributed by atoms with Gasteiger partial charge < -0.3 is 14.4 Å². The number of anilines is 1. The molecule has 0 spiro atoms. The molecule has 0 bridgehead atoms. The number of benzene rings is 2. The van der Waals surface area contributed by atoms with Gasteiger partial charge in [0.05, 0.1) is 5.69 Å². The molecule has 38 heavy (non-hydrogen) atoms. The van der Waals surface area contributed by atoms with Crippen LogP contribution in [0.2, 0.25) is 0 Å². The number of fused-ring (bicyclic) bond motifs is 2. The standard InChI is InChI=1S/C33H39N3O2/c1-22-5-3-6-29(31-7-4-8-32(34-31)36-18-26-17-27(26)19-36)33(22)38-21-24-15-23(2)30-20-35(12-9-25(30)16-24)28-10-13-37-14-11-28/h3-8,15-16,26-28H,9-14,17-21H2,1-2H3/t26-,27?/m0/s1. The van der Waals surface area contributed by atoms with Gasteiger partial charge in [0, 0.05) is 51.0 Å². The normalized spacial score (nSPS) is 23.3. The summed E-state index contributed by atoms with van der Waals surface area (Å²) in [5, 5.41) is 0. The summed E-state index contributed by atoms with van der Waals surface area (Å²) in [5.41, 5.74) is 8.89. The lowest BCUT2D eigenvalue weighted by atomic mass is 9.91. The predicted octanol–water partition coefficient (Wildman–Crippen LogP) is 5.94. The third kappa shape index (κ3) is 4.71. The van der Waals surface area contributed by atoms with Crippen molar-refractivity contribution < 1.29 is 9.47 Å². The molecule has 0 N–H and O–H groups in total. The van der Waals surface area contributed by atoms with Gasteiger partial charge in [-0.3, -0.25) is 4.90 Å². The quantitative estimate of drug-likeness (QED) is 0.411. The van der Waals surface area contributed by atoms with Crippen LogP contribution in [0.25, 0.3) is 11.3 Å². The molecule has 7 rings (SSSR count). The number of pyridine rings is 1. The molecule has 3 aromatic rings. The van der Waals surface area contributed by atoms with Gasteiger partial charge in [0.25, 0.3) is 0 Å². The van der Waals surface area contributed by atoms with Gasteiger partial charge in [-0.05, 0) is 97.4 Å². The summed E-state index contributed by atoms with van der Waals surface area (Å²) in [6.07, 6.45) is 4.85. The van der Waals surface area contributed by atoms with Crippen molar-refractivity contribution in [1.82, 2.24) is 9.88 Å². The van der Waals surface area contributed by atoms with Crippen molar-refractivity contribution in [1.29, 1.82) is 0 Å². The molecule has 2 atom stereocenters. The van der Waals surface area contributed by atoms with Crippen LogP contribution >= 0.6 is 0 Å². The molecule has 5 heteroatoms. The highest BCUT2D eigenvalue weighted by atomic mass is 16.5. The monoisotopic (exact) mass is 509 g/mol. The van der Waals surface area contributed by atoms with Crippen LogP contribution < -0.4 is 9.64 Å². The number of nitrogens with zero attached hydrogens (tertiary/aromatic N) is 3. The minimum absolute atomic E-state index is 0.574. The zero-order chi connectivity index (χ0) is 25.6. The second-order valence-electron chi connectivity index (χ2n) is 11.9. The number of aromatic nitrogens is 1. The van der Waals surface area contributed by atoms with E-state index in [0.717, 1.165) is 98.9 Å². The van der Waals surface area contributed by atoms with Crippen molar-refractivity contribution in [3.8, 4) is 17.0 Å². The summed E-state index contributed by atoms with van der Waals surface area (Å²) in [5.74, 6) is 3.83. The van der Waals surface area contributed by atoms with E-state index in [0.29, 0.717) is 12.6 Å². The van der Waals surface area contributed by atoms with Gasteiger partial charge in [-0.2, -0.15) is 0 Å². The first-order valence-corrected chi connectivity index (χ1v) is 14.5. The van der Waals surface area contributed by atoms with Gasteiger partial charge in [0.15, 0.2) is 0 Å². The third-order valence-corrected chi connectivity index (χ3v) is 9.27. The zero-order valence-corrected chi connectivity index (χ0v) is 22.8. The molecular formula is C33H39N3O2. The Morgan fingerprint density at radius 1 is 0.974 bits per heavy atom. The van der Waals surface area contributed by atoms with E-state index in [2.05, 4.69) is 72.2 Å². The molecule has 0 amide bonds. The van der Waals surface area contributed by atoms with E-state index in [1.807, 2.05) is 0 Å². The molecule has 5 nitrogen and oxygen atoms in total. The Balaban J connectivity index is 1.09. The van der Waals surface area contributed by atoms with Crippen molar-refractivity contribution in [2.24, 2.45) is 11.8 Å². The smallest absolute Gasteiger partial charge is 0.132 e. The van der Waals surface area contributed by atoms with Gasteiger partial charge in [-0.15, -0.1) is 0 Å². The topological polar surface area (TPSA) is 37.8 Å². The summed E-state index contributed by atoms with van der Waals surface area (Å²) in [6, 6.07) is 18.2. The Hall–Kier alpha value is -2.89. The van der Waals surface area contributed by atoms with Gasteiger partial charge >= 0.3 is 0 Å². The van der Waals surface area contributed by atoms with Gasteiger partial charge in [-0.1, -0.05) is 30.3 Å². The maximum atomic E-state index is 6.58. The molecule has 3 aliphatic heterocycles. The van der Waals surface area contributed by atoms with Crippen LogP contribution in [0.1, 0.15) is 47.1 Å². The fourth-order valence-electron chi connectivity index (χ4n) is 6.95. The molecule has 3 fully saturated rings. The van der Waals surface area contributed by atoms with E-state index in [1.165, 1.54) is 28.7 Å². The summed E-state index contributed by atoms with van der Waals surface area (Å²) in [7, 11) is 0. The molecule has 1 aromatic heterocycles. The summed E-state index contributed by atoms with van der Waals surface area (Å²) < 4.78 is 12.2. The number of hydrogen-bond acceptors (Lipinski definition) is 5. The van der Waals surface area contributed by atoms with Crippen LogP contribution in [0.3, 0.4) is 0 Å². The second kappa shape index (κ2) is 10.0. The molecule has 198 valence electrons. The van der Waals surface area contributed by atoms with Gasteiger partial charge in [0.1, 0.15) is 18.2 Å². The van der Waals surface area contributed by atoms with Crippen LogP contribution in [0.4, 0.5) is 5.82 Å². The lowest BCUT2D eigenvalue weighted by molar-refractivity contribution is 0.0289. The predicted molar refractivity (Wildman–Crippen MR) is 152 cm³/mol. The highest BCUT2D eigenvalue weighted by Gasteiger charge is 2.45. The maximum Gasteiger partial charge on any atom is 0.132 e. The van der Waals surface area contributed by atoms with Gasteiger partial charge in [0.2, 0.25) is 0 Å². The molecule has 4 heterocycles. The van der Waals surface area contributed by atoms with Crippen LogP contribution in [-0.2, 0) is 24.3 Å². The molecule has 0 radical (unpaired) electrons. The lowest BCUT2D eigenvalue weighted by Gasteiger charge is -2.38. The summed E-state index contributed by atoms with van der Waals surface area (Å²) in [6.45, 7) is 11.3. The Morgan fingerprint density at radius 2 is 1.79 bits per heavy atom. The second-order valence-corrected chi connectivity index (χ2v) is 11.9. The fourth-order valence-corrected chi connectivity index (χ4v) is 6.95. The van der Waals surface area contributed by atoms with Crippen LogP contribution in [0, 0.1) is 25.7 Å².